The summed E-state index contributed by atoms with van der Waals surface area (Å²) in [5.74, 6) is 0.198. The number of hydrogen-bond donors (Lipinski definition) is 0. The molecule has 0 saturated heterocycles. The number of rotatable bonds is 9. The van der Waals surface area contributed by atoms with Crippen LogP contribution in [0.5, 0.6) is 5.75 Å². The average Bonchev–Trinajstić information content (AvgIpc) is 3.00. The summed E-state index contributed by atoms with van der Waals surface area (Å²) in [5, 5.41) is 0. The molecule has 0 bridgehead atoms. The predicted molar refractivity (Wildman–Crippen MR) is 163 cm³/mol. The van der Waals surface area contributed by atoms with Crippen molar-refractivity contribution in [3.05, 3.63) is 95.8 Å². The third-order valence-corrected chi connectivity index (χ3v) is 9.18. The molecule has 216 valence electrons. The van der Waals surface area contributed by atoms with Gasteiger partial charge in [0.25, 0.3) is 0 Å². The van der Waals surface area contributed by atoms with E-state index < -0.39 is 11.6 Å². The van der Waals surface area contributed by atoms with Crippen molar-refractivity contribution < 1.29 is 17.9 Å². The van der Waals surface area contributed by atoms with Crippen LogP contribution in [0.25, 0.3) is 27.8 Å². The van der Waals surface area contributed by atoms with Gasteiger partial charge in [0.15, 0.2) is 11.6 Å². The van der Waals surface area contributed by atoms with Crippen molar-refractivity contribution >= 4 is 5.57 Å². The Balaban J connectivity index is 1.21. The Morgan fingerprint density at radius 3 is 2.15 bits per heavy atom. The Morgan fingerprint density at radius 2 is 1.49 bits per heavy atom. The first-order chi connectivity index (χ1) is 20.0. The van der Waals surface area contributed by atoms with Crippen LogP contribution in [0.2, 0.25) is 0 Å². The van der Waals surface area contributed by atoms with E-state index in [4.69, 9.17) is 4.74 Å². The van der Waals surface area contributed by atoms with Gasteiger partial charge in [-0.1, -0.05) is 67.5 Å². The molecule has 2 aliphatic carbocycles. The van der Waals surface area contributed by atoms with E-state index in [0.29, 0.717) is 11.1 Å². The lowest BCUT2D eigenvalue weighted by molar-refractivity contribution is 0.190. The van der Waals surface area contributed by atoms with Gasteiger partial charge in [-0.15, -0.1) is 0 Å². The maximum Gasteiger partial charge on any atom is 0.201 e. The molecular weight excluding hydrogens is 517 g/mol. The van der Waals surface area contributed by atoms with Gasteiger partial charge in [-0.3, -0.25) is 0 Å². The number of allylic oxidation sites excluding steroid dienone is 4. The minimum Gasteiger partial charge on any atom is -0.491 e. The maximum atomic E-state index is 15.3. The SMILES string of the molecule is CC=CCCC1CCC(C2CC=C(c3ccc(-c4ccc(-c5ccc(OCC)c(F)c5F)cc4)cc3F)CC2)CC1. The molecule has 1 unspecified atom stereocenters. The van der Waals surface area contributed by atoms with Crippen LogP contribution in [-0.2, 0) is 0 Å². The standard InChI is InChI=1S/C37H41F3O/c1-3-5-6-7-25-8-10-26(11-9-25)27-12-16-29(17-13-27)32-21-20-31(24-34(32)38)28-14-18-30(19-15-28)33-22-23-35(41-4-2)37(40)36(33)39/h3,5,14-16,18-27H,4,6-13,17H2,1-2H3. The molecule has 0 amide bonds. The van der Waals surface area contributed by atoms with E-state index in [1.165, 1.54) is 50.7 Å². The number of ether oxygens (including phenoxy) is 1. The number of halogens is 3. The number of hydrogen-bond acceptors (Lipinski definition) is 1. The lowest BCUT2D eigenvalue weighted by Crippen LogP contribution is -2.23. The molecule has 4 heteroatoms. The topological polar surface area (TPSA) is 9.23 Å². The van der Waals surface area contributed by atoms with Crippen molar-refractivity contribution in [3.8, 4) is 28.0 Å². The molecule has 1 saturated carbocycles. The number of benzene rings is 3. The van der Waals surface area contributed by atoms with Gasteiger partial charge >= 0.3 is 0 Å². The van der Waals surface area contributed by atoms with Crippen LogP contribution < -0.4 is 4.74 Å². The zero-order valence-corrected chi connectivity index (χ0v) is 24.3. The monoisotopic (exact) mass is 558 g/mol. The molecule has 0 aliphatic heterocycles. The van der Waals surface area contributed by atoms with Gasteiger partial charge < -0.3 is 4.74 Å². The van der Waals surface area contributed by atoms with Gasteiger partial charge in [-0.05, 0) is 117 Å². The Hall–Kier alpha value is -3.27. The highest BCUT2D eigenvalue weighted by molar-refractivity contribution is 5.74. The molecule has 5 rings (SSSR count). The average molecular weight is 559 g/mol. The lowest BCUT2D eigenvalue weighted by Gasteiger charge is -2.35. The van der Waals surface area contributed by atoms with Crippen molar-refractivity contribution in [3.63, 3.8) is 0 Å². The zero-order valence-electron chi connectivity index (χ0n) is 24.3. The lowest BCUT2D eigenvalue weighted by atomic mass is 9.70. The first-order valence-corrected chi connectivity index (χ1v) is 15.3. The zero-order chi connectivity index (χ0) is 28.8. The normalized spacial score (nSPS) is 21.2. The fourth-order valence-corrected chi connectivity index (χ4v) is 6.79. The highest BCUT2D eigenvalue weighted by Gasteiger charge is 2.29. The molecule has 2 aliphatic rings. The summed E-state index contributed by atoms with van der Waals surface area (Å²) in [6.07, 6.45) is 17.8. The van der Waals surface area contributed by atoms with Crippen LogP contribution in [0.1, 0.15) is 77.2 Å². The highest BCUT2D eigenvalue weighted by Crippen LogP contribution is 2.42. The van der Waals surface area contributed by atoms with Gasteiger partial charge in [-0.25, -0.2) is 8.78 Å². The molecule has 3 aromatic carbocycles. The second kappa shape index (κ2) is 13.6. The van der Waals surface area contributed by atoms with Crippen LogP contribution in [0.4, 0.5) is 13.2 Å². The van der Waals surface area contributed by atoms with Gasteiger partial charge in [0.2, 0.25) is 5.82 Å². The van der Waals surface area contributed by atoms with E-state index in [2.05, 4.69) is 25.2 Å². The third-order valence-electron chi connectivity index (χ3n) is 9.18. The van der Waals surface area contributed by atoms with Crippen molar-refractivity contribution in [2.24, 2.45) is 17.8 Å². The summed E-state index contributed by atoms with van der Waals surface area (Å²) < 4.78 is 49.5. The van der Waals surface area contributed by atoms with Gasteiger partial charge in [0, 0.05) is 11.1 Å². The molecule has 1 nitrogen and oxygen atoms in total. The molecule has 1 atom stereocenters. The van der Waals surface area contributed by atoms with E-state index in [-0.39, 0.29) is 23.7 Å². The molecular formula is C37H41F3O. The van der Waals surface area contributed by atoms with Crippen molar-refractivity contribution in [1.82, 2.24) is 0 Å². The second-order valence-corrected chi connectivity index (χ2v) is 11.6. The van der Waals surface area contributed by atoms with E-state index in [1.807, 2.05) is 24.3 Å². The summed E-state index contributed by atoms with van der Waals surface area (Å²) in [4.78, 5) is 0. The smallest absolute Gasteiger partial charge is 0.201 e. The van der Waals surface area contributed by atoms with Gasteiger partial charge in [-0.2, -0.15) is 4.39 Å². The van der Waals surface area contributed by atoms with Crippen LogP contribution in [0.15, 0.2) is 72.8 Å². The fraction of sp³-hybridized carbons (Fsp3) is 0.405. The second-order valence-electron chi connectivity index (χ2n) is 11.6. The van der Waals surface area contributed by atoms with Crippen LogP contribution in [0.3, 0.4) is 0 Å². The van der Waals surface area contributed by atoms with E-state index in [9.17, 15) is 8.78 Å². The molecule has 41 heavy (non-hydrogen) atoms. The molecule has 3 aromatic rings. The van der Waals surface area contributed by atoms with Crippen molar-refractivity contribution in [2.75, 3.05) is 6.61 Å². The molecule has 0 radical (unpaired) electrons. The quantitative estimate of drug-likeness (QED) is 0.237. The van der Waals surface area contributed by atoms with Crippen LogP contribution in [0, 0.1) is 35.2 Å². The first kappa shape index (κ1) is 29.2. The van der Waals surface area contributed by atoms with E-state index in [0.717, 1.165) is 53.7 Å². The first-order valence-electron chi connectivity index (χ1n) is 15.3. The minimum absolute atomic E-state index is 0.0946. The van der Waals surface area contributed by atoms with E-state index >= 15 is 4.39 Å². The molecule has 1 fully saturated rings. The Labute approximate surface area is 243 Å². The summed E-state index contributed by atoms with van der Waals surface area (Å²) >= 11 is 0. The molecule has 0 spiro atoms. The fourth-order valence-electron chi connectivity index (χ4n) is 6.79. The molecule has 0 aromatic heterocycles. The van der Waals surface area contributed by atoms with Gasteiger partial charge in [0.1, 0.15) is 5.82 Å². The van der Waals surface area contributed by atoms with E-state index in [1.54, 1.807) is 25.1 Å². The van der Waals surface area contributed by atoms with Crippen LogP contribution >= 0.6 is 0 Å². The predicted octanol–water partition coefficient (Wildman–Crippen LogP) is 11.2. The summed E-state index contributed by atoms with van der Waals surface area (Å²) in [6.45, 7) is 4.08. The molecule has 0 N–H and O–H groups in total. The van der Waals surface area contributed by atoms with Crippen molar-refractivity contribution in [1.29, 1.82) is 0 Å². The third kappa shape index (κ3) is 6.80. The maximum absolute atomic E-state index is 15.3. The van der Waals surface area contributed by atoms with Gasteiger partial charge in [0.05, 0.1) is 6.61 Å². The van der Waals surface area contributed by atoms with Crippen molar-refractivity contribution in [2.45, 2.75) is 71.6 Å². The van der Waals surface area contributed by atoms with Crippen LogP contribution in [-0.4, -0.2) is 6.61 Å². The largest absolute Gasteiger partial charge is 0.491 e. The highest BCUT2D eigenvalue weighted by atomic mass is 19.2. The molecule has 0 heterocycles. The summed E-state index contributed by atoms with van der Waals surface area (Å²) in [5.41, 5.74) is 4.12. The summed E-state index contributed by atoms with van der Waals surface area (Å²) in [6, 6.07) is 15.5. The Kier molecular flexibility index (Phi) is 9.69. The Bertz CT molecular complexity index is 1380. The summed E-state index contributed by atoms with van der Waals surface area (Å²) in [7, 11) is 0. The minimum atomic E-state index is -0.988. The Morgan fingerprint density at radius 1 is 0.780 bits per heavy atom.